The zero-order chi connectivity index (χ0) is 14.9. The van der Waals surface area contributed by atoms with Crippen molar-refractivity contribution in [3.63, 3.8) is 0 Å². The first kappa shape index (κ1) is 13.3. The Morgan fingerprint density at radius 1 is 1.23 bits per heavy atom. The van der Waals surface area contributed by atoms with Crippen LogP contribution >= 0.6 is 11.8 Å². The van der Waals surface area contributed by atoms with Gasteiger partial charge >= 0.3 is 0 Å². The van der Waals surface area contributed by atoms with Crippen molar-refractivity contribution in [1.29, 1.82) is 0 Å². The van der Waals surface area contributed by atoms with Crippen LogP contribution in [0.15, 0.2) is 53.7 Å². The average molecular weight is 313 g/mol. The van der Waals surface area contributed by atoms with Gasteiger partial charge in [0.1, 0.15) is 30.3 Å². The molecule has 0 N–H and O–H groups in total. The third kappa shape index (κ3) is 2.35. The molecule has 2 heterocycles. The summed E-state index contributed by atoms with van der Waals surface area (Å²) in [6, 6.07) is 12.5. The molecular formula is C16H12FN3OS. The molecule has 0 unspecified atom stereocenters. The fourth-order valence-corrected chi connectivity index (χ4v) is 3.37. The molecule has 0 saturated carbocycles. The van der Waals surface area contributed by atoms with E-state index in [9.17, 15) is 4.39 Å². The summed E-state index contributed by atoms with van der Waals surface area (Å²) >= 11 is 1.70. The number of aromatic nitrogens is 3. The summed E-state index contributed by atoms with van der Waals surface area (Å²) in [6.45, 7) is 0.216. The van der Waals surface area contributed by atoms with Gasteiger partial charge in [-0.15, -0.1) is 22.0 Å². The van der Waals surface area contributed by atoms with Crippen LogP contribution in [-0.2, 0) is 12.4 Å². The average Bonchev–Trinajstić information content (AvgIpc) is 3.03. The van der Waals surface area contributed by atoms with Crippen LogP contribution in [0.4, 0.5) is 4.39 Å². The Labute approximate surface area is 130 Å². The lowest BCUT2D eigenvalue weighted by atomic mass is 10.2. The molecule has 6 heteroatoms. The number of rotatable bonds is 3. The molecule has 0 saturated heterocycles. The number of hydrogen-bond donors (Lipinski definition) is 0. The molecule has 0 fully saturated rings. The third-order valence-electron chi connectivity index (χ3n) is 3.52. The fraction of sp³-hybridized carbons (Fsp3) is 0.125. The predicted molar refractivity (Wildman–Crippen MR) is 81.7 cm³/mol. The topological polar surface area (TPSA) is 39.9 Å². The molecule has 22 heavy (non-hydrogen) atoms. The maximum Gasteiger partial charge on any atom is 0.147 e. The molecule has 0 aliphatic carbocycles. The molecule has 0 spiro atoms. The Morgan fingerprint density at radius 2 is 2.14 bits per heavy atom. The first-order valence-corrected chi connectivity index (χ1v) is 7.82. The van der Waals surface area contributed by atoms with Gasteiger partial charge in [0.15, 0.2) is 0 Å². The van der Waals surface area contributed by atoms with Crippen LogP contribution in [0.2, 0.25) is 0 Å². The van der Waals surface area contributed by atoms with Crippen molar-refractivity contribution in [3.05, 3.63) is 66.0 Å². The standard InChI is InChI=1S/C16H12FN3OS/c17-13-4-2-1-3-11(13)8-21-12-5-6-14-15(7-12)22-9-16-19-18-10-20(14)16/h1-7,10H,8-9H2. The number of benzene rings is 2. The van der Waals surface area contributed by atoms with Gasteiger partial charge in [0.25, 0.3) is 0 Å². The maximum absolute atomic E-state index is 13.6. The predicted octanol–water partition coefficient (Wildman–Crippen LogP) is 3.59. The monoisotopic (exact) mass is 313 g/mol. The summed E-state index contributed by atoms with van der Waals surface area (Å²) in [6.07, 6.45) is 1.72. The lowest BCUT2D eigenvalue weighted by molar-refractivity contribution is 0.299. The van der Waals surface area contributed by atoms with Gasteiger partial charge in [-0.05, 0) is 24.3 Å². The van der Waals surface area contributed by atoms with Gasteiger partial charge in [-0.25, -0.2) is 4.39 Å². The van der Waals surface area contributed by atoms with Crippen molar-refractivity contribution in [1.82, 2.24) is 14.8 Å². The molecule has 3 aromatic rings. The normalized spacial score (nSPS) is 12.6. The van der Waals surface area contributed by atoms with Crippen molar-refractivity contribution in [2.24, 2.45) is 0 Å². The second-order valence-electron chi connectivity index (χ2n) is 4.92. The van der Waals surface area contributed by atoms with E-state index in [1.807, 2.05) is 22.8 Å². The highest BCUT2D eigenvalue weighted by Gasteiger charge is 2.18. The van der Waals surface area contributed by atoms with E-state index in [1.54, 1.807) is 36.3 Å². The number of ether oxygens (including phenoxy) is 1. The Balaban J connectivity index is 1.57. The fourth-order valence-electron chi connectivity index (χ4n) is 2.38. The molecule has 110 valence electrons. The van der Waals surface area contributed by atoms with Crippen molar-refractivity contribution < 1.29 is 9.13 Å². The summed E-state index contributed by atoms with van der Waals surface area (Å²) in [5.41, 5.74) is 1.60. The molecule has 1 aliphatic rings. The SMILES string of the molecule is Fc1ccccc1COc1ccc2c(c1)SCc1nncn1-2. The second kappa shape index (κ2) is 5.46. The summed E-state index contributed by atoms with van der Waals surface area (Å²) in [5.74, 6) is 2.21. The highest BCUT2D eigenvalue weighted by molar-refractivity contribution is 7.98. The molecule has 4 nitrogen and oxygen atoms in total. The molecule has 4 rings (SSSR count). The Hall–Kier alpha value is -2.34. The van der Waals surface area contributed by atoms with Gasteiger partial charge in [0.05, 0.1) is 11.4 Å². The molecular weight excluding hydrogens is 301 g/mol. The lowest BCUT2D eigenvalue weighted by Crippen LogP contribution is -2.06. The van der Waals surface area contributed by atoms with Crippen molar-refractivity contribution >= 4 is 11.8 Å². The quantitative estimate of drug-likeness (QED) is 0.741. The van der Waals surface area contributed by atoms with Gasteiger partial charge in [-0.2, -0.15) is 0 Å². The number of fused-ring (bicyclic) bond motifs is 3. The van der Waals surface area contributed by atoms with Crippen LogP contribution in [0.1, 0.15) is 11.4 Å². The summed E-state index contributed by atoms with van der Waals surface area (Å²) < 4.78 is 21.3. The molecule has 0 bridgehead atoms. The van der Waals surface area contributed by atoms with Crippen LogP contribution in [0.25, 0.3) is 5.69 Å². The van der Waals surface area contributed by atoms with Crippen molar-refractivity contribution in [2.45, 2.75) is 17.3 Å². The van der Waals surface area contributed by atoms with E-state index in [-0.39, 0.29) is 12.4 Å². The van der Waals surface area contributed by atoms with Crippen LogP contribution < -0.4 is 4.74 Å². The Bertz CT molecular complexity index is 834. The molecule has 0 amide bonds. The first-order valence-electron chi connectivity index (χ1n) is 6.83. The van der Waals surface area contributed by atoms with Crippen LogP contribution in [0.3, 0.4) is 0 Å². The van der Waals surface area contributed by atoms with E-state index in [0.717, 1.165) is 27.9 Å². The van der Waals surface area contributed by atoms with Crippen LogP contribution in [0.5, 0.6) is 5.75 Å². The maximum atomic E-state index is 13.6. The van der Waals surface area contributed by atoms with E-state index in [4.69, 9.17) is 4.74 Å². The van der Waals surface area contributed by atoms with Crippen LogP contribution in [0, 0.1) is 5.82 Å². The highest BCUT2D eigenvalue weighted by atomic mass is 32.2. The zero-order valence-electron chi connectivity index (χ0n) is 11.6. The highest BCUT2D eigenvalue weighted by Crippen LogP contribution is 2.36. The summed E-state index contributed by atoms with van der Waals surface area (Å²) in [5, 5.41) is 8.02. The van der Waals surface area contributed by atoms with Crippen LogP contribution in [-0.4, -0.2) is 14.8 Å². The van der Waals surface area contributed by atoms with E-state index < -0.39 is 0 Å². The lowest BCUT2D eigenvalue weighted by Gasteiger charge is -2.18. The van der Waals surface area contributed by atoms with Gasteiger partial charge in [0, 0.05) is 10.5 Å². The number of nitrogens with zero attached hydrogens (tertiary/aromatic N) is 3. The van der Waals surface area contributed by atoms with E-state index in [1.165, 1.54) is 6.07 Å². The third-order valence-corrected chi connectivity index (χ3v) is 4.56. The Kier molecular flexibility index (Phi) is 3.31. The summed E-state index contributed by atoms with van der Waals surface area (Å²) in [4.78, 5) is 1.11. The van der Waals surface area contributed by atoms with Gasteiger partial charge in [-0.1, -0.05) is 18.2 Å². The van der Waals surface area contributed by atoms with E-state index in [2.05, 4.69) is 10.2 Å². The number of thioether (sulfide) groups is 1. The zero-order valence-corrected chi connectivity index (χ0v) is 12.4. The van der Waals surface area contributed by atoms with Crippen molar-refractivity contribution in [2.75, 3.05) is 0 Å². The van der Waals surface area contributed by atoms with Gasteiger partial charge < -0.3 is 4.74 Å². The minimum atomic E-state index is -0.246. The first-order chi connectivity index (χ1) is 10.8. The van der Waals surface area contributed by atoms with Gasteiger partial charge in [-0.3, -0.25) is 4.57 Å². The van der Waals surface area contributed by atoms with E-state index >= 15 is 0 Å². The van der Waals surface area contributed by atoms with Crippen molar-refractivity contribution in [3.8, 4) is 11.4 Å². The second-order valence-corrected chi connectivity index (χ2v) is 5.93. The molecule has 1 aliphatic heterocycles. The summed E-state index contributed by atoms with van der Waals surface area (Å²) in [7, 11) is 0. The Morgan fingerprint density at radius 3 is 3.05 bits per heavy atom. The molecule has 1 aromatic heterocycles. The molecule has 0 radical (unpaired) electrons. The number of hydrogen-bond acceptors (Lipinski definition) is 4. The minimum absolute atomic E-state index is 0.216. The largest absolute Gasteiger partial charge is 0.489 e. The van der Waals surface area contributed by atoms with E-state index in [0.29, 0.717) is 5.56 Å². The molecule has 2 aromatic carbocycles. The minimum Gasteiger partial charge on any atom is -0.489 e. The smallest absolute Gasteiger partial charge is 0.147 e. The van der Waals surface area contributed by atoms with Gasteiger partial charge in [0.2, 0.25) is 0 Å². The molecule has 0 atom stereocenters. The number of halogens is 1.